The van der Waals surface area contributed by atoms with Gasteiger partial charge in [0, 0.05) is 0 Å². The Kier molecular flexibility index (Phi) is 2.89. The molecular weight excluding hydrogens is 242 g/mol. The van der Waals surface area contributed by atoms with Gasteiger partial charge in [0.1, 0.15) is 0 Å². The van der Waals surface area contributed by atoms with Gasteiger partial charge in [0.15, 0.2) is 5.60 Å². The first-order chi connectivity index (χ1) is 8.30. The summed E-state index contributed by atoms with van der Waals surface area (Å²) in [6.45, 7) is 1.87. The Morgan fingerprint density at radius 3 is 2.67 bits per heavy atom. The van der Waals surface area contributed by atoms with Crippen LogP contribution >= 0.6 is 0 Å². The first-order valence-corrected chi connectivity index (χ1v) is 5.73. The fourth-order valence-electron chi connectivity index (χ4n) is 2.52. The van der Waals surface area contributed by atoms with Crippen LogP contribution in [-0.4, -0.2) is 22.1 Å². The molecule has 0 radical (unpaired) electrons. The van der Waals surface area contributed by atoms with Crippen molar-refractivity contribution in [1.29, 1.82) is 0 Å². The second kappa shape index (κ2) is 4.02. The number of carbonyl (C=O) groups is 1. The highest BCUT2D eigenvalue weighted by Gasteiger charge is 2.61. The van der Waals surface area contributed by atoms with E-state index in [9.17, 15) is 18.7 Å². The van der Waals surface area contributed by atoms with Gasteiger partial charge in [-0.3, -0.25) is 0 Å². The smallest absolute Gasteiger partial charge is 0.378 e. The molecule has 0 saturated heterocycles. The zero-order chi connectivity index (χ0) is 13.6. The third-order valence-corrected chi connectivity index (χ3v) is 3.66. The summed E-state index contributed by atoms with van der Waals surface area (Å²) in [5.74, 6) is -6.45. The number of benzene rings is 1. The Morgan fingerprint density at radius 1 is 1.44 bits per heavy atom. The molecule has 3 nitrogen and oxygen atoms in total. The van der Waals surface area contributed by atoms with Crippen LogP contribution < -0.4 is 0 Å². The highest BCUT2D eigenvalue weighted by molar-refractivity contribution is 5.78. The molecule has 1 aromatic carbocycles. The normalized spacial score (nSPS) is 27.7. The highest BCUT2D eigenvalue weighted by Crippen LogP contribution is 2.49. The zero-order valence-corrected chi connectivity index (χ0v) is 9.86. The second-order valence-electron chi connectivity index (χ2n) is 4.77. The molecular formula is C13H14F2O3. The Hall–Kier alpha value is -1.49. The predicted octanol–water partition coefficient (Wildman–Crippen LogP) is 2.49. The van der Waals surface area contributed by atoms with E-state index >= 15 is 0 Å². The number of fused-ring (bicyclic) bond motifs is 1. The fraction of sp³-hybridized carbons (Fsp3) is 0.462. The van der Waals surface area contributed by atoms with E-state index in [1.807, 2.05) is 6.92 Å². The quantitative estimate of drug-likeness (QED) is 0.854. The predicted molar refractivity (Wildman–Crippen MR) is 60.6 cm³/mol. The maximum Gasteiger partial charge on any atom is 0.378 e. The number of carboxylic acids is 1. The zero-order valence-electron chi connectivity index (χ0n) is 9.86. The Balaban J connectivity index is 2.61. The lowest BCUT2D eigenvalue weighted by Gasteiger charge is -2.40. The molecule has 0 heterocycles. The second-order valence-corrected chi connectivity index (χ2v) is 4.77. The molecule has 5 heteroatoms. The molecule has 0 aromatic heterocycles. The van der Waals surface area contributed by atoms with Crippen LogP contribution in [0, 0.1) is 0 Å². The number of halogens is 2. The number of hydrogen-bond donors (Lipinski definition) is 2. The van der Waals surface area contributed by atoms with Crippen LogP contribution in [0.25, 0.3) is 0 Å². The summed E-state index contributed by atoms with van der Waals surface area (Å²) in [5, 5.41) is 18.8. The van der Waals surface area contributed by atoms with Crippen LogP contribution in [-0.2, 0) is 10.4 Å². The van der Waals surface area contributed by atoms with Gasteiger partial charge in [-0.15, -0.1) is 0 Å². The molecule has 0 fully saturated rings. The first-order valence-electron chi connectivity index (χ1n) is 5.73. The largest absolute Gasteiger partial charge is 0.477 e. The van der Waals surface area contributed by atoms with Crippen LogP contribution in [0.5, 0.6) is 0 Å². The molecule has 1 aromatic rings. The minimum atomic E-state index is -4.19. The molecule has 2 rings (SSSR count). The lowest BCUT2D eigenvalue weighted by molar-refractivity contribution is -0.216. The van der Waals surface area contributed by atoms with Crippen LogP contribution in [0.15, 0.2) is 24.3 Å². The molecule has 0 aliphatic heterocycles. The topological polar surface area (TPSA) is 57.5 Å². The van der Waals surface area contributed by atoms with Crippen molar-refractivity contribution in [1.82, 2.24) is 0 Å². The van der Waals surface area contributed by atoms with Gasteiger partial charge < -0.3 is 10.2 Å². The van der Waals surface area contributed by atoms with Gasteiger partial charge >= 0.3 is 11.9 Å². The van der Waals surface area contributed by atoms with E-state index in [4.69, 9.17) is 5.11 Å². The van der Waals surface area contributed by atoms with Crippen molar-refractivity contribution in [3.8, 4) is 0 Å². The van der Waals surface area contributed by atoms with Crippen molar-refractivity contribution < 1.29 is 23.8 Å². The van der Waals surface area contributed by atoms with Gasteiger partial charge in [-0.25, -0.2) is 4.79 Å². The van der Waals surface area contributed by atoms with Gasteiger partial charge in [0.05, 0.1) is 0 Å². The molecule has 2 unspecified atom stereocenters. The average molecular weight is 256 g/mol. The molecule has 2 N–H and O–H groups in total. The van der Waals surface area contributed by atoms with Crippen molar-refractivity contribution in [2.24, 2.45) is 0 Å². The fourth-order valence-corrected chi connectivity index (χ4v) is 2.52. The maximum absolute atomic E-state index is 13.8. The van der Waals surface area contributed by atoms with E-state index < -0.39 is 17.5 Å². The van der Waals surface area contributed by atoms with Crippen molar-refractivity contribution in [3.63, 3.8) is 0 Å². The van der Waals surface area contributed by atoms with E-state index in [2.05, 4.69) is 0 Å². The minimum absolute atomic E-state index is 0.0242. The van der Waals surface area contributed by atoms with Gasteiger partial charge in [-0.1, -0.05) is 31.2 Å². The number of carboxylic acid groups (broad SMARTS) is 1. The molecule has 0 amide bonds. The summed E-state index contributed by atoms with van der Waals surface area (Å²) in [4.78, 5) is 10.7. The van der Waals surface area contributed by atoms with Gasteiger partial charge in [-0.05, 0) is 29.9 Å². The summed E-state index contributed by atoms with van der Waals surface area (Å²) in [6.07, 6.45) is 0.0703. The van der Waals surface area contributed by atoms with E-state index in [0.29, 0.717) is 12.0 Å². The highest BCUT2D eigenvalue weighted by atomic mass is 19.3. The number of rotatable bonds is 2. The van der Waals surface area contributed by atoms with Crippen molar-refractivity contribution in [3.05, 3.63) is 35.4 Å². The molecule has 0 spiro atoms. The van der Waals surface area contributed by atoms with Crippen LogP contribution in [0.3, 0.4) is 0 Å². The van der Waals surface area contributed by atoms with Gasteiger partial charge in [0.25, 0.3) is 0 Å². The van der Waals surface area contributed by atoms with Crippen LogP contribution in [0.4, 0.5) is 8.78 Å². The number of aliphatic carboxylic acids is 1. The standard InChI is InChI=1S/C13H14F2O3/c1-8-6-7-12(18,13(14,15)11(16)17)10-5-3-2-4-9(8)10/h2-5,8,18H,6-7H2,1H3,(H,16,17). The van der Waals surface area contributed by atoms with Crippen molar-refractivity contribution in [2.45, 2.75) is 37.2 Å². The Labute approximate surface area is 103 Å². The van der Waals surface area contributed by atoms with Crippen molar-refractivity contribution >= 4 is 5.97 Å². The summed E-state index contributed by atoms with van der Waals surface area (Å²) in [5.41, 5.74) is -2.01. The third-order valence-electron chi connectivity index (χ3n) is 3.66. The van der Waals surface area contributed by atoms with Crippen LogP contribution in [0.2, 0.25) is 0 Å². The lowest BCUT2D eigenvalue weighted by Crippen LogP contribution is -2.52. The van der Waals surface area contributed by atoms with E-state index in [1.54, 1.807) is 12.1 Å². The number of aliphatic hydroxyl groups is 1. The SMILES string of the molecule is CC1CCC(O)(C(F)(F)C(=O)O)c2ccccc21. The van der Waals surface area contributed by atoms with E-state index in [1.165, 1.54) is 12.1 Å². The summed E-state index contributed by atoms with van der Waals surface area (Å²) < 4.78 is 27.5. The summed E-state index contributed by atoms with van der Waals surface area (Å²) in [7, 11) is 0. The third kappa shape index (κ3) is 1.61. The van der Waals surface area contributed by atoms with Gasteiger partial charge in [-0.2, -0.15) is 8.78 Å². The summed E-state index contributed by atoms with van der Waals surface area (Å²) >= 11 is 0. The van der Waals surface area contributed by atoms with E-state index in [0.717, 1.165) is 0 Å². The number of alkyl halides is 2. The van der Waals surface area contributed by atoms with Gasteiger partial charge in [0.2, 0.25) is 0 Å². The molecule has 1 aliphatic carbocycles. The monoisotopic (exact) mass is 256 g/mol. The molecule has 98 valence electrons. The summed E-state index contributed by atoms with van der Waals surface area (Å²) in [6, 6.07) is 6.25. The Bertz CT molecular complexity index is 487. The molecule has 0 saturated carbocycles. The average Bonchev–Trinajstić information content (AvgIpc) is 2.34. The maximum atomic E-state index is 13.8. The van der Waals surface area contributed by atoms with E-state index in [-0.39, 0.29) is 17.9 Å². The molecule has 2 atom stereocenters. The number of hydrogen-bond acceptors (Lipinski definition) is 2. The minimum Gasteiger partial charge on any atom is -0.477 e. The van der Waals surface area contributed by atoms with Crippen LogP contribution in [0.1, 0.15) is 36.8 Å². The van der Waals surface area contributed by atoms with Crippen molar-refractivity contribution in [2.75, 3.05) is 0 Å². The molecule has 0 bridgehead atoms. The first kappa shape index (κ1) is 13.0. The Morgan fingerprint density at radius 2 is 2.06 bits per heavy atom. The molecule has 1 aliphatic rings. The lowest BCUT2D eigenvalue weighted by atomic mass is 9.71. The molecule has 18 heavy (non-hydrogen) atoms.